The van der Waals surface area contributed by atoms with Gasteiger partial charge in [-0.15, -0.1) is 0 Å². The van der Waals surface area contributed by atoms with E-state index in [1.807, 2.05) is 60.7 Å². The Kier molecular flexibility index (Phi) is 9.54. The van der Waals surface area contributed by atoms with Gasteiger partial charge in [-0.3, -0.25) is 0 Å². The summed E-state index contributed by atoms with van der Waals surface area (Å²) < 4.78 is 17.3. The normalized spacial score (nSPS) is 12.8. The Morgan fingerprint density at radius 1 is 0.897 bits per heavy atom. The lowest BCUT2D eigenvalue weighted by atomic mass is 9.93. The standard InChI is InChI=1S/C23H32O5Si/c1-23(2,3)14-15-26-16-17-27-18-21(22(24)25)28-29(19-10-6-4-7-11-19)20-12-8-5-9-13-20/h4-13,21,29H,14-18H2,1-3H3,(H,24,25). The molecule has 0 aliphatic rings. The zero-order valence-electron chi connectivity index (χ0n) is 17.5. The molecule has 0 aliphatic heterocycles. The second-order valence-corrected chi connectivity index (χ2v) is 10.5. The van der Waals surface area contributed by atoms with Crippen molar-refractivity contribution >= 4 is 25.4 Å². The van der Waals surface area contributed by atoms with E-state index in [4.69, 9.17) is 13.9 Å². The van der Waals surface area contributed by atoms with E-state index in [0.717, 1.165) is 16.8 Å². The molecule has 0 bridgehead atoms. The van der Waals surface area contributed by atoms with Crippen LogP contribution < -0.4 is 10.4 Å². The summed E-state index contributed by atoms with van der Waals surface area (Å²) in [5, 5.41) is 11.7. The highest BCUT2D eigenvalue weighted by atomic mass is 28.3. The predicted molar refractivity (Wildman–Crippen MR) is 118 cm³/mol. The molecule has 6 heteroatoms. The van der Waals surface area contributed by atoms with Crippen LogP contribution in [0.1, 0.15) is 27.2 Å². The van der Waals surface area contributed by atoms with Gasteiger partial charge < -0.3 is 19.0 Å². The maximum Gasteiger partial charge on any atom is 0.334 e. The van der Waals surface area contributed by atoms with Gasteiger partial charge in [0.05, 0.1) is 19.8 Å². The molecule has 0 aliphatic carbocycles. The van der Waals surface area contributed by atoms with Gasteiger partial charge in [-0.05, 0) is 22.2 Å². The fourth-order valence-corrected chi connectivity index (χ4v) is 5.09. The molecule has 2 aromatic carbocycles. The van der Waals surface area contributed by atoms with Gasteiger partial charge in [-0.1, -0.05) is 81.4 Å². The summed E-state index contributed by atoms with van der Waals surface area (Å²) >= 11 is 0. The summed E-state index contributed by atoms with van der Waals surface area (Å²) in [5.41, 5.74) is 0.234. The second-order valence-electron chi connectivity index (χ2n) is 8.16. The number of ether oxygens (including phenoxy) is 2. The van der Waals surface area contributed by atoms with E-state index in [1.54, 1.807) is 0 Å². The van der Waals surface area contributed by atoms with Crippen LogP contribution in [-0.4, -0.2) is 52.6 Å². The average molecular weight is 417 g/mol. The van der Waals surface area contributed by atoms with E-state index in [9.17, 15) is 9.90 Å². The Morgan fingerprint density at radius 3 is 1.90 bits per heavy atom. The van der Waals surface area contributed by atoms with Gasteiger partial charge in [0.2, 0.25) is 9.04 Å². The van der Waals surface area contributed by atoms with Crippen LogP contribution in [0.4, 0.5) is 0 Å². The van der Waals surface area contributed by atoms with Crippen LogP contribution in [-0.2, 0) is 18.7 Å². The monoisotopic (exact) mass is 416 g/mol. The number of carboxylic acid groups (broad SMARTS) is 1. The maximum atomic E-state index is 11.8. The lowest BCUT2D eigenvalue weighted by Crippen LogP contribution is -2.49. The second kappa shape index (κ2) is 11.9. The molecule has 2 rings (SSSR count). The summed E-state index contributed by atoms with van der Waals surface area (Å²) in [6.07, 6.45) is -0.0448. The molecule has 0 aromatic heterocycles. The summed E-state index contributed by atoms with van der Waals surface area (Å²) in [4.78, 5) is 11.8. The first-order chi connectivity index (χ1) is 13.9. The Hall–Kier alpha value is -1.99. The number of rotatable bonds is 12. The zero-order chi connectivity index (χ0) is 21.1. The van der Waals surface area contributed by atoms with Crippen molar-refractivity contribution in [2.45, 2.75) is 33.3 Å². The fraction of sp³-hybridized carbons (Fsp3) is 0.435. The fourth-order valence-electron chi connectivity index (χ4n) is 2.73. The predicted octanol–water partition coefficient (Wildman–Crippen LogP) is 2.46. The van der Waals surface area contributed by atoms with Crippen molar-refractivity contribution in [1.29, 1.82) is 0 Å². The molecule has 0 spiro atoms. The van der Waals surface area contributed by atoms with Crippen LogP contribution in [0.15, 0.2) is 60.7 Å². The lowest BCUT2D eigenvalue weighted by Gasteiger charge is -2.22. The van der Waals surface area contributed by atoms with Crippen molar-refractivity contribution in [2.24, 2.45) is 5.41 Å². The maximum absolute atomic E-state index is 11.8. The number of carboxylic acids is 1. The molecule has 1 unspecified atom stereocenters. The van der Waals surface area contributed by atoms with Gasteiger partial charge in [-0.25, -0.2) is 4.79 Å². The van der Waals surface area contributed by atoms with Crippen molar-refractivity contribution in [3.8, 4) is 0 Å². The molecule has 158 valence electrons. The molecule has 0 fully saturated rings. The third-order valence-electron chi connectivity index (χ3n) is 4.42. The van der Waals surface area contributed by atoms with E-state index in [-0.39, 0.29) is 12.0 Å². The minimum Gasteiger partial charge on any atom is -0.479 e. The van der Waals surface area contributed by atoms with Gasteiger partial charge in [0.25, 0.3) is 0 Å². The van der Waals surface area contributed by atoms with E-state index in [2.05, 4.69) is 20.8 Å². The Morgan fingerprint density at radius 2 is 1.41 bits per heavy atom. The highest BCUT2D eigenvalue weighted by Gasteiger charge is 2.27. The molecule has 5 nitrogen and oxygen atoms in total. The highest BCUT2D eigenvalue weighted by molar-refractivity contribution is 6.80. The van der Waals surface area contributed by atoms with Gasteiger partial charge in [0, 0.05) is 6.61 Å². The Labute approximate surface area is 175 Å². The SMILES string of the molecule is CC(C)(C)CCOCCOCC(O[SiH](c1ccccc1)c1ccccc1)C(=O)O. The van der Waals surface area contributed by atoms with Gasteiger partial charge in [0.1, 0.15) is 0 Å². The van der Waals surface area contributed by atoms with E-state index >= 15 is 0 Å². The quantitative estimate of drug-likeness (QED) is 0.425. The van der Waals surface area contributed by atoms with Crippen molar-refractivity contribution < 1.29 is 23.8 Å². The summed E-state index contributed by atoms with van der Waals surface area (Å²) in [7, 11) is -2.15. The third-order valence-corrected chi connectivity index (χ3v) is 7.00. The number of benzene rings is 2. The molecule has 29 heavy (non-hydrogen) atoms. The molecule has 1 N–H and O–H groups in total. The number of aliphatic carboxylic acids is 1. The third kappa shape index (κ3) is 8.91. The van der Waals surface area contributed by atoms with Crippen LogP contribution in [0.2, 0.25) is 0 Å². The number of hydrogen-bond donors (Lipinski definition) is 1. The topological polar surface area (TPSA) is 65.0 Å². The molecule has 0 amide bonds. The molecule has 0 saturated carbocycles. The highest BCUT2D eigenvalue weighted by Crippen LogP contribution is 2.17. The molecule has 0 heterocycles. The molecule has 0 radical (unpaired) electrons. The first kappa shape index (κ1) is 23.3. The Balaban J connectivity index is 1.90. The van der Waals surface area contributed by atoms with Gasteiger partial charge >= 0.3 is 5.97 Å². The first-order valence-electron chi connectivity index (χ1n) is 10.0. The van der Waals surface area contributed by atoms with Crippen LogP contribution in [0.25, 0.3) is 0 Å². The Bertz CT molecular complexity index is 676. The molecule has 1 atom stereocenters. The average Bonchev–Trinajstić information content (AvgIpc) is 2.69. The summed E-state index contributed by atoms with van der Waals surface area (Å²) in [5.74, 6) is -1.01. The van der Waals surface area contributed by atoms with Crippen molar-refractivity contribution in [2.75, 3.05) is 26.4 Å². The van der Waals surface area contributed by atoms with E-state index in [0.29, 0.717) is 19.8 Å². The van der Waals surface area contributed by atoms with Crippen LogP contribution in [0, 0.1) is 5.41 Å². The molecule has 0 saturated heterocycles. The van der Waals surface area contributed by atoms with Crippen LogP contribution in [0.3, 0.4) is 0 Å². The lowest BCUT2D eigenvalue weighted by molar-refractivity contribution is -0.148. The van der Waals surface area contributed by atoms with Crippen LogP contribution >= 0.6 is 0 Å². The van der Waals surface area contributed by atoms with Gasteiger partial charge in [-0.2, -0.15) is 0 Å². The number of hydrogen-bond acceptors (Lipinski definition) is 4. The van der Waals surface area contributed by atoms with Crippen molar-refractivity contribution in [3.63, 3.8) is 0 Å². The molecular weight excluding hydrogens is 384 g/mol. The van der Waals surface area contributed by atoms with Crippen molar-refractivity contribution in [3.05, 3.63) is 60.7 Å². The van der Waals surface area contributed by atoms with Gasteiger partial charge in [0.15, 0.2) is 6.10 Å². The van der Waals surface area contributed by atoms with Crippen molar-refractivity contribution in [1.82, 2.24) is 0 Å². The molecular formula is C23H32O5Si. The zero-order valence-corrected chi connectivity index (χ0v) is 18.7. The summed E-state index contributed by atoms with van der Waals surface area (Å²) in [6.45, 7) is 7.97. The largest absolute Gasteiger partial charge is 0.479 e. The van der Waals surface area contributed by atoms with E-state index < -0.39 is 21.1 Å². The summed E-state index contributed by atoms with van der Waals surface area (Å²) in [6, 6.07) is 19.6. The molecule has 2 aromatic rings. The minimum absolute atomic E-state index is 0.00112. The number of carbonyl (C=O) groups is 1. The smallest absolute Gasteiger partial charge is 0.334 e. The first-order valence-corrected chi connectivity index (χ1v) is 11.6. The van der Waals surface area contributed by atoms with Crippen LogP contribution in [0.5, 0.6) is 0 Å². The minimum atomic E-state index is -2.15. The van der Waals surface area contributed by atoms with E-state index in [1.165, 1.54) is 0 Å².